The third-order valence-electron chi connectivity index (χ3n) is 5.18. The molecule has 0 aliphatic heterocycles. The zero-order valence-corrected chi connectivity index (χ0v) is 13.7. The summed E-state index contributed by atoms with van der Waals surface area (Å²) in [5, 5.41) is 3.07. The molecule has 0 spiro atoms. The highest BCUT2D eigenvalue weighted by Crippen LogP contribution is 2.40. The van der Waals surface area contributed by atoms with E-state index in [-0.39, 0.29) is 23.3 Å². The number of amides is 1. The van der Waals surface area contributed by atoms with Crippen LogP contribution in [0.2, 0.25) is 0 Å². The molecule has 0 radical (unpaired) electrons. The van der Waals surface area contributed by atoms with Crippen molar-refractivity contribution in [3.8, 4) is 11.5 Å². The number of ether oxygens (including phenoxy) is 2. The van der Waals surface area contributed by atoms with Gasteiger partial charge in [-0.1, -0.05) is 19.3 Å². The molecule has 0 aromatic heterocycles. The van der Waals surface area contributed by atoms with Gasteiger partial charge in [0.2, 0.25) is 0 Å². The van der Waals surface area contributed by atoms with E-state index in [1.165, 1.54) is 52.0 Å². The summed E-state index contributed by atoms with van der Waals surface area (Å²) in [5.41, 5.74) is 0.144. The zero-order valence-electron chi connectivity index (χ0n) is 13.7. The third-order valence-corrected chi connectivity index (χ3v) is 5.18. The van der Waals surface area contributed by atoms with Crippen LogP contribution in [0.3, 0.4) is 0 Å². The Balaban J connectivity index is 1.79. The number of carbonyl (C=O) groups is 1. The molecule has 1 aromatic carbocycles. The van der Waals surface area contributed by atoms with Crippen LogP contribution in [0.25, 0.3) is 0 Å². The van der Waals surface area contributed by atoms with E-state index >= 15 is 0 Å². The van der Waals surface area contributed by atoms with Crippen molar-refractivity contribution in [1.29, 1.82) is 0 Å². The molecule has 0 saturated heterocycles. The van der Waals surface area contributed by atoms with Crippen LogP contribution in [0, 0.1) is 17.7 Å². The Kier molecular flexibility index (Phi) is 4.74. The highest BCUT2D eigenvalue weighted by molar-refractivity contribution is 6.00. The van der Waals surface area contributed by atoms with Crippen LogP contribution < -0.4 is 14.8 Å². The molecule has 23 heavy (non-hydrogen) atoms. The molecule has 2 aliphatic rings. The molecular weight excluding hydrogens is 297 g/mol. The second-order valence-corrected chi connectivity index (χ2v) is 6.70. The molecule has 2 atom stereocenters. The number of nitrogens with one attached hydrogen (secondary N) is 1. The largest absolute Gasteiger partial charge is 0.496 e. The first-order valence-electron chi connectivity index (χ1n) is 8.33. The van der Waals surface area contributed by atoms with Gasteiger partial charge >= 0.3 is 0 Å². The van der Waals surface area contributed by atoms with E-state index in [1.54, 1.807) is 0 Å². The summed E-state index contributed by atoms with van der Waals surface area (Å²) in [6.45, 7) is 0. The molecule has 2 saturated carbocycles. The molecule has 5 heteroatoms. The van der Waals surface area contributed by atoms with E-state index in [1.807, 2.05) is 0 Å². The minimum absolute atomic E-state index is 0.0575. The molecular formula is C18H24FNO3. The van der Waals surface area contributed by atoms with E-state index in [9.17, 15) is 9.18 Å². The van der Waals surface area contributed by atoms with Crippen molar-refractivity contribution in [2.45, 2.75) is 44.6 Å². The molecule has 2 fully saturated rings. The molecule has 0 heterocycles. The zero-order chi connectivity index (χ0) is 16.4. The third kappa shape index (κ3) is 3.28. The van der Waals surface area contributed by atoms with Crippen LogP contribution >= 0.6 is 0 Å². The van der Waals surface area contributed by atoms with Gasteiger partial charge in [-0.15, -0.1) is 0 Å². The molecule has 1 N–H and O–H groups in total. The monoisotopic (exact) mass is 321 g/mol. The van der Waals surface area contributed by atoms with Crippen molar-refractivity contribution in [1.82, 2.24) is 5.32 Å². The van der Waals surface area contributed by atoms with Crippen LogP contribution in [-0.4, -0.2) is 26.2 Å². The lowest BCUT2D eigenvalue weighted by molar-refractivity contribution is 0.0873. The highest BCUT2D eigenvalue weighted by atomic mass is 19.1. The van der Waals surface area contributed by atoms with Crippen molar-refractivity contribution in [2.75, 3.05) is 14.2 Å². The number of benzene rings is 1. The van der Waals surface area contributed by atoms with Gasteiger partial charge in [-0.25, -0.2) is 4.39 Å². The van der Waals surface area contributed by atoms with Gasteiger partial charge in [0, 0.05) is 6.04 Å². The van der Waals surface area contributed by atoms with Gasteiger partial charge in [0.1, 0.15) is 11.3 Å². The van der Waals surface area contributed by atoms with Crippen LogP contribution in [0.4, 0.5) is 4.39 Å². The van der Waals surface area contributed by atoms with Crippen molar-refractivity contribution in [3.63, 3.8) is 0 Å². The summed E-state index contributed by atoms with van der Waals surface area (Å²) in [4.78, 5) is 12.7. The Labute approximate surface area is 136 Å². The van der Waals surface area contributed by atoms with Crippen LogP contribution in [0.5, 0.6) is 11.5 Å². The van der Waals surface area contributed by atoms with E-state index < -0.39 is 5.82 Å². The fraction of sp³-hybridized carbons (Fsp3) is 0.611. The topological polar surface area (TPSA) is 47.6 Å². The Morgan fingerprint density at radius 2 is 1.83 bits per heavy atom. The van der Waals surface area contributed by atoms with Crippen molar-refractivity contribution in [3.05, 3.63) is 23.5 Å². The van der Waals surface area contributed by atoms with Gasteiger partial charge in [0.05, 0.1) is 14.2 Å². The van der Waals surface area contributed by atoms with Crippen molar-refractivity contribution >= 4 is 5.91 Å². The molecule has 1 aromatic rings. The number of methoxy groups -OCH3 is 2. The van der Waals surface area contributed by atoms with Crippen LogP contribution in [0.1, 0.15) is 48.9 Å². The Morgan fingerprint density at radius 1 is 1.13 bits per heavy atom. The Hall–Kier alpha value is -1.78. The highest BCUT2D eigenvalue weighted by Gasteiger charge is 2.33. The summed E-state index contributed by atoms with van der Waals surface area (Å²) in [6, 6.07) is 2.87. The maximum atomic E-state index is 13.9. The van der Waals surface area contributed by atoms with E-state index in [0.717, 1.165) is 12.8 Å². The number of hydrogen-bond acceptors (Lipinski definition) is 3. The lowest BCUT2D eigenvalue weighted by Gasteiger charge is -2.39. The quantitative estimate of drug-likeness (QED) is 0.922. The predicted molar refractivity (Wildman–Crippen MR) is 85.4 cm³/mol. The van der Waals surface area contributed by atoms with E-state index in [4.69, 9.17) is 9.47 Å². The molecule has 4 nitrogen and oxygen atoms in total. The fourth-order valence-electron chi connectivity index (χ4n) is 4.23. The molecule has 3 rings (SSSR count). The van der Waals surface area contributed by atoms with Crippen LogP contribution in [0.15, 0.2) is 12.1 Å². The van der Waals surface area contributed by atoms with Crippen molar-refractivity contribution < 1.29 is 18.7 Å². The Morgan fingerprint density at radius 3 is 2.43 bits per heavy atom. The average Bonchev–Trinajstić information content (AvgIpc) is 2.54. The fourth-order valence-corrected chi connectivity index (χ4v) is 4.23. The minimum Gasteiger partial charge on any atom is -0.496 e. The van der Waals surface area contributed by atoms with Gasteiger partial charge in [-0.2, -0.15) is 0 Å². The number of carbonyl (C=O) groups excluding carboxylic acids is 1. The van der Waals surface area contributed by atoms with E-state index in [2.05, 4.69) is 5.32 Å². The first-order chi connectivity index (χ1) is 11.1. The summed E-state index contributed by atoms with van der Waals surface area (Å²) < 4.78 is 24.2. The normalized spacial score (nSPS) is 26.5. The molecule has 2 unspecified atom stereocenters. The predicted octanol–water partition coefficient (Wildman–Crippen LogP) is 3.54. The average molecular weight is 321 g/mol. The summed E-state index contributed by atoms with van der Waals surface area (Å²) in [5.74, 6) is 0.824. The SMILES string of the molecule is COc1ccc(F)c(OC)c1C(=O)NC1CC2CCCC(C2)C1. The number of hydrogen-bond donors (Lipinski definition) is 1. The molecule has 1 amide bonds. The number of halogens is 1. The second kappa shape index (κ2) is 6.77. The smallest absolute Gasteiger partial charge is 0.259 e. The Bertz CT molecular complexity index is 578. The van der Waals surface area contributed by atoms with Gasteiger partial charge in [-0.05, 0) is 43.2 Å². The second-order valence-electron chi connectivity index (χ2n) is 6.70. The lowest BCUT2D eigenvalue weighted by Crippen LogP contribution is -2.42. The van der Waals surface area contributed by atoms with Crippen molar-refractivity contribution in [2.24, 2.45) is 11.8 Å². The summed E-state index contributed by atoms with van der Waals surface area (Å²) in [7, 11) is 2.83. The minimum atomic E-state index is -0.557. The molecule has 2 bridgehead atoms. The first-order valence-corrected chi connectivity index (χ1v) is 8.33. The lowest BCUT2D eigenvalue weighted by atomic mass is 9.70. The van der Waals surface area contributed by atoms with Crippen LogP contribution in [-0.2, 0) is 0 Å². The summed E-state index contributed by atoms with van der Waals surface area (Å²) in [6.07, 6.45) is 7.15. The maximum absolute atomic E-state index is 13.9. The summed E-state index contributed by atoms with van der Waals surface area (Å²) >= 11 is 0. The molecule has 126 valence electrons. The molecule has 2 aliphatic carbocycles. The van der Waals surface area contributed by atoms with Gasteiger partial charge in [0.25, 0.3) is 5.91 Å². The maximum Gasteiger partial charge on any atom is 0.259 e. The van der Waals surface area contributed by atoms with Gasteiger partial charge in [-0.3, -0.25) is 4.79 Å². The first kappa shape index (κ1) is 16.1. The number of rotatable bonds is 4. The number of fused-ring (bicyclic) bond motifs is 2. The van der Waals surface area contributed by atoms with E-state index in [0.29, 0.717) is 17.6 Å². The van der Waals surface area contributed by atoms with Gasteiger partial charge in [0.15, 0.2) is 11.6 Å². The standard InChI is InChI=1S/C18H24FNO3/c1-22-15-7-6-14(19)17(23-2)16(15)18(21)20-13-9-11-4-3-5-12(8-11)10-13/h6-7,11-13H,3-5,8-10H2,1-2H3,(H,20,21). The van der Waals surface area contributed by atoms with Gasteiger partial charge < -0.3 is 14.8 Å².